The molecule has 1 aromatic carbocycles. The van der Waals surface area contributed by atoms with Crippen molar-refractivity contribution < 1.29 is 14.0 Å². The Morgan fingerprint density at radius 1 is 1.31 bits per heavy atom. The Kier molecular flexibility index (Phi) is 5.76. The van der Waals surface area contributed by atoms with Crippen LogP contribution in [-0.4, -0.2) is 41.2 Å². The van der Waals surface area contributed by atoms with Gasteiger partial charge in [0, 0.05) is 8.35 Å². The van der Waals surface area contributed by atoms with E-state index in [-0.39, 0.29) is 11.5 Å². The van der Waals surface area contributed by atoms with Crippen molar-refractivity contribution in [3.63, 3.8) is 0 Å². The van der Waals surface area contributed by atoms with E-state index in [2.05, 4.69) is 21.4 Å². The Bertz CT molecular complexity index is 977. The maximum atomic E-state index is 12.2. The summed E-state index contributed by atoms with van der Waals surface area (Å²) in [6.07, 6.45) is 3.68. The smallest absolute Gasteiger partial charge is 0.493 e. The summed E-state index contributed by atoms with van der Waals surface area (Å²) >= 11 is 0. The predicted octanol–water partition coefficient (Wildman–Crippen LogP) is 2.42. The van der Waals surface area contributed by atoms with Crippen molar-refractivity contribution in [3.8, 4) is 17.1 Å². The molecule has 0 unspecified atom stereocenters. The molecule has 1 fully saturated rings. The van der Waals surface area contributed by atoms with Crippen molar-refractivity contribution >= 4 is 38.7 Å². The van der Waals surface area contributed by atoms with Crippen molar-refractivity contribution in [2.75, 3.05) is 17.4 Å². The van der Waals surface area contributed by atoms with Crippen LogP contribution < -0.4 is 26.6 Å². The van der Waals surface area contributed by atoms with Crippen molar-refractivity contribution in [2.24, 2.45) is 0 Å². The van der Waals surface area contributed by atoms with Crippen molar-refractivity contribution in [1.29, 1.82) is 0 Å². The molecule has 1 aliphatic rings. The molecule has 0 atom stereocenters. The number of nitrogens with zero attached hydrogens (tertiary/aromatic N) is 1. The fraction of sp³-hybridized carbons (Fsp3) is 0.421. The Morgan fingerprint density at radius 3 is 2.55 bits per heavy atom. The third kappa shape index (κ3) is 4.03. The van der Waals surface area contributed by atoms with Crippen LogP contribution in [-0.2, 0) is 9.31 Å². The minimum absolute atomic E-state index is 0.0108. The standard InChI is InChI=1S/C19H26BN4O4P/c1-7-26-13-10-11(20-27-18(2,3)19(4,5)28-20)8-9-12(13)15-22-16(24-29-6)14(21)17(25)23-15/h8-10H,6-7,21H2,1-5H3,(H2,22,23,24,25). The van der Waals surface area contributed by atoms with Crippen LogP contribution in [0.3, 0.4) is 0 Å². The molecule has 10 heteroatoms. The van der Waals surface area contributed by atoms with Gasteiger partial charge in [-0.25, -0.2) is 4.98 Å². The molecule has 4 N–H and O–H groups in total. The van der Waals surface area contributed by atoms with Crippen LogP contribution >= 0.6 is 8.35 Å². The molecule has 0 radical (unpaired) electrons. The van der Waals surface area contributed by atoms with E-state index in [1.165, 1.54) is 0 Å². The summed E-state index contributed by atoms with van der Waals surface area (Å²) < 4.78 is 18.1. The van der Waals surface area contributed by atoms with Gasteiger partial charge in [-0.3, -0.25) is 4.79 Å². The molecule has 1 saturated heterocycles. The topological polar surface area (TPSA) is 111 Å². The second-order valence-corrected chi connectivity index (χ2v) is 8.26. The number of rotatable bonds is 6. The van der Waals surface area contributed by atoms with Crippen LogP contribution in [0.5, 0.6) is 5.75 Å². The SMILES string of the molecule is C=PNc1nc(-c2ccc(B3OC(C)(C)C(C)(C)O3)cc2OCC)[nH]c(=O)c1N. The molecule has 1 aliphatic heterocycles. The molecule has 29 heavy (non-hydrogen) atoms. The first-order chi connectivity index (χ1) is 13.6. The number of hydrogen-bond donors (Lipinski definition) is 3. The second kappa shape index (κ2) is 7.82. The molecule has 2 heterocycles. The van der Waals surface area contributed by atoms with E-state index in [1.54, 1.807) is 0 Å². The van der Waals surface area contributed by atoms with Crippen LogP contribution in [0.2, 0.25) is 0 Å². The highest BCUT2D eigenvalue weighted by molar-refractivity contribution is 7.38. The van der Waals surface area contributed by atoms with E-state index in [1.807, 2.05) is 52.8 Å². The van der Waals surface area contributed by atoms with Gasteiger partial charge in [0.2, 0.25) is 0 Å². The zero-order chi connectivity index (χ0) is 21.4. The highest BCUT2D eigenvalue weighted by Gasteiger charge is 2.51. The van der Waals surface area contributed by atoms with Crippen molar-refractivity contribution in [2.45, 2.75) is 45.8 Å². The van der Waals surface area contributed by atoms with Crippen LogP contribution in [0.15, 0.2) is 23.0 Å². The number of aromatic amines is 1. The Balaban J connectivity index is 2.04. The molecule has 0 saturated carbocycles. The summed E-state index contributed by atoms with van der Waals surface area (Å²) in [5.41, 5.74) is 5.95. The minimum Gasteiger partial charge on any atom is -0.493 e. The molecule has 0 spiro atoms. The number of nitrogens with one attached hydrogen (secondary N) is 2. The van der Waals surface area contributed by atoms with Crippen LogP contribution in [0, 0.1) is 0 Å². The lowest BCUT2D eigenvalue weighted by atomic mass is 9.78. The molecule has 154 valence electrons. The van der Waals surface area contributed by atoms with Crippen molar-refractivity contribution in [1.82, 2.24) is 9.97 Å². The summed E-state index contributed by atoms with van der Waals surface area (Å²) in [5, 5.41) is 2.88. The quantitative estimate of drug-likeness (QED) is 0.490. The lowest BCUT2D eigenvalue weighted by molar-refractivity contribution is 0.00578. The second-order valence-electron chi connectivity index (χ2n) is 7.72. The van der Waals surface area contributed by atoms with Gasteiger partial charge in [0.15, 0.2) is 5.82 Å². The largest absolute Gasteiger partial charge is 0.494 e. The molecular weight excluding hydrogens is 390 g/mol. The summed E-state index contributed by atoms with van der Waals surface area (Å²) in [7, 11) is 0.0632. The van der Waals surface area contributed by atoms with E-state index in [0.717, 1.165) is 5.46 Å². The number of nitrogens with two attached hydrogens (primary N) is 1. The van der Waals surface area contributed by atoms with E-state index < -0.39 is 23.9 Å². The number of ether oxygens (including phenoxy) is 1. The first-order valence-electron chi connectivity index (χ1n) is 9.34. The number of hydrogen-bond acceptors (Lipinski definition) is 7. The zero-order valence-corrected chi connectivity index (χ0v) is 18.2. The predicted molar refractivity (Wildman–Crippen MR) is 119 cm³/mol. The number of aromatic nitrogens is 2. The van der Waals surface area contributed by atoms with Gasteiger partial charge >= 0.3 is 7.12 Å². The maximum Gasteiger partial charge on any atom is 0.494 e. The summed E-state index contributed by atoms with van der Waals surface area (Å²) in [6.45, 7) is 10.4. The lowest BCUT2D eigenvalue weighted by Crippen LogP contribution is -2.41. The van der Waals surface area contributed by atoms with Gasteiger partial charge in [0.25, 0.3) is 5.56 Å². The Hall–Kier alpha value is -2.35. The fourth-order valence-electron chi connectivity index (χ4n) is 2.91. The van der Waals surface area contributed by atoms with Gasteiger partial charge in [-0.05, 0) is 52.2 Å². The molecular formula is C19H26BN4O4P. The van der Waals surface area contributed by atoms with E-state index >= 15 is 0 Å². The minimum atomic E-state index is -0.520. The molecule has 0 bridgehead atoms. The molecule has 0 aliphatic carbocycles. The van der Waals surface area contributed by atoms with Gasteiger partial charge in [0.1, 0.15) is 17.3 Å². The number of benzene rings is 1. The highest BCUT2D eigenvalue weighted by atomic mass is 31.1. The number of nitrogen functional groups attached to an aromatic ring is 1. The van der Waals surface area contributed by atoms with E-state index in [0.29, 0.717) is 32.1 Å². The highest BCUT2D eigenvalue weighted by Crippen LogP contribution is 2.37. The van der Waals surface area contributed by atoms with Crippen LogP contribution in [0.25, 0.3) is 11.4 Å². The number of anilines is 2. The first-order valence-corrected chi connectivity index (χ1v) is 10.4. The summed E-state index contributed by atoms with van der Waals surface area (Å²) in [4.78, 5) is 19.4. The van der Waals surface area contributed by atoms with Crippen molar-refractivity contribution in [3.05, 3.63) is 28.6 Å². The molecule has 0 amide bonds. The van der Waals surface area contributed by atoms with E-state index in [9.17, 15) is 4.79 Å². The average Bonchev–Trinajstić information content (AvgIpc) is 2.87. The van der Waals surface area contributed by atoms with Gasteiger partial charge in [-0.15, -0.1) is 0 Å². The Labute approximate surface area is 172 Å². The molecule has 3 rings (SSSR count). The van der Waals surface area contributed by atoms with Crippen LogP contribution in [0.1, 0.15) is 34.6 Å². The third-order valence-corrected chi connectivity index (χ3v) is 5.60. The van der Waals surface area contributed by atoms with Gasteiger partial charge in [0.05, 0.1) is 23.4 Å². The number of H-pyrrole nitrogens is 1. The third-order valence-electron chi connectivity index (χ3n) is 5.23. The van der Waals surface area contributed by atoms with Crippen LogP contribution in [0.4, 0.5) is 11.5 Å². The normalized spacial score (nSPS) is 17.5. The zero-order valence-electron chi connectivity index (χ0n) is 17.3. The summed E-state index contributed by atoms with van der Waals surface area (Å²) in [6, 6.07) is 5.55. The maximum absolute atomic E-state index is 12.2. The fourth-order valence-corrected chi connectivity index (χ4v) is 3.23. The first kappa shape index (κ1) is 21.4. The van der Waals surface area contributed by atoms with E-state index in [4.69, 9.17) is 19.8 Å². The average molecular weight is 416 g/mol. The Morgan fingerprint density at radius 2 is 1.97 bits per heavy atom. The molecule has 2 aromatic rings. The van der Waals surface area contributed by atoms with Gasteiger partial charge in [-0.2, -0.15) is 0 Å². The monoisotopic (exact) mass is 416 g/mol. The summed E-state index contributed by atoms with van der Waals surface area (Å²) in [5.74, 6) is 1.18. The lowest BCUT2D eigenvalue weighted by Gasteiger charge is -2.32. The van der Waals surface area contributed by atoms with Gasteiger partial charge < -0.3 is 29.9 Å². The molecule has 1 aromatic heterocycles. The molecule has 8 nitrogen and oxygen atoms in total. The van der Waals surface area contributed by atoms with Gasteiger partial charge in [-0.1, -0.05) is 12.4 Å².